The normalized spacial score (nSPS) is 12.2. The van der Waals surface area contributed by atoms with Gasteiger partial charge in [-0.3, -0.25) is 9.55 Å². The lowest BCUT2D eigenvalue weighted by Gasteiger charge is -2.24. The third-order valence-electron chi connectivity index (χ3n) is 10.5. The summed E-state index contributed by atoms with van der Waals surface area (Å²) in [6.45, 7) is 18.2. The van der Waals surface area contributed by atoms with Crippen molar-refractivity contribution in [1.82, 2.24) is 14.5 Å². The molecule has 8 rings (SSSR count). The summed E-state index contributed by atoms with van der Waals surface area (Å²) in [6.07, 6.45) is 1.98. The van der Waals surface area contributed by atoms with E-state index in [4.69, 9.17) is 14.4 Å². The second-order valence-corrected chi connectivity index (χ2v) is 15.5. The van der Waals surface area contributed by atoms with Gasteiger partial charge in [0.1, 0.15) is 17.0 Å². The van der Waals surface area contributed by atoms with Crippen LogP contribution >= 0.6 is 0 Å². The summed E-state index contributed by atoms with van der Waals surface area (Å²) >= 11 is 0. The zero-order valence-corrected chi connectivity index (χ0v) is 31.5. The highest BCUT2D eigenvalue weighted by Crippen LogP contribution is 2.43. The number of imidazole rings is 1. The Morgan fingerprint density at radius 1 is 0.558 bits per heavy atom. The molecule has 8 aromatic rings. The first-order valence-corrected chi connectivity index (χ1v) is 18.8. The summed E-state index contributed by atoms with van der Waals surface area (Å²) in [7, 11) is 0. The lowest BCUT2D eigenvalue weighted by atomic mass is 9.88. The molecule has 0 atom stereocenters. The maximum Gasteiger partial charge on any atom is 0.149 e. The quantitative estimate of drug-likeness (QED) is 0.160. The van der Waals surface area contributed by atoms with Crippen LogP contribution in [0.2, 0.25) is 0 Å². The average molecular weight is 682 g/mol. The number of benzene rings is 5. The Kier molecular flexibility index (Phi) is 8.57. The van der Waals surface area contributed by atoms with E-state index in [0.29, 0.717) is 11.8 Å². The number of para-hydroxylation sites is 3. The van der Waals surface area contributed by atoms with Crippen LogP contribution in [0.15, 0.2) is 120 Å². The third-order valence-corrected chi connectivity index (χ3v) is 10.5. The van der Waals surface area contributed by atoms with E-state index in [1.165, 1.54) is 39.1 Å². The molecule has 5 aromatic carbocycles. The van der Waals surface area contributed by atoms with E-state index in [9.17, 15) is 0 Å². The fraction of sp³-hybridized carbons (Fsp3) is 0.250. The summed E-state index contributed by atoms with van der Waals surface area (Å²) in [5.41, 5.74) is 15.6. The first-order chi connectivity index (χ1) is 25.1. The molecule has 0 unspecified atom stereocenters. The Morgan fingerprint density at radius 2 is 1.21 bits per heavy atom. The molecule has 0 saturated carbocycles. The number of pyridine rings is 1. The first-order valence-electron chi connectivity index (χ1n) is 18.8. The van der Waals surface area contributed by atoms with E-state index in [2.05, 4.69) is 169 Å². The van der Waals surface area contributed by atoms with E-state index < -0.39 is 0 Å². The van der Waals surface area contributed by atoms with Gasteiger partial charge in [0.05, 0.1) is 28.0 Å². The van der Waals surface area contributed by atoms with Gasteiger partial charge in [-0.15, -0.1) is 0 Å². The van der Waals surface area contributed by atoms with Crippen LogP contribution < -0.4 is 0 Å². The van der Waals surface area contributed by atoms with Crippen LogP contribution in [0.25, 0.3) is 72.4 Å². The number of hydrogen-bond acceptors (Lipinski definition) is 3. The van der Waals surface area contributed by atoms with E-state index in [1.54, 1.807) is 0 Å². The van der Waals surface area contributed by atoms with Crippen LogP contribution in [-0.4, -0.2) is 14.5 Å². The largest absolute Gasteiger partial charge is 0.455 e. The van der Waals surface area contributed by atoms with Crippen LogP contribution in [0.1, 0.15) is 101 Å². The zero-order chi connectivity index (χ0) is 36.3. The Hall–Kier alpha value is -5.48. The predicted octanol–water partition coefficient (Wildman–Crippen LogP) is 13.8. The molecule has 0 N–H and O–H groups in total. The van der Waals surface area contributed by atoms with Gasteiger partial charge in [-0.1, -0.05) is 116 Å². The Bertz CT molecular complexity index is 2530. The number of furan rings is 1. The minimum atomic E-state index is 0.280. The van der Waals surface area contributed by atoms with Crippen molar-refractivity contribution in [1.29, 1.82) is 0 Å². The first kappa shape index (κ1) is 33.7. The molecule has 0 spiro atoms. The SMILES string of the molecule is CC(C)c1cc(-c2cc3oc4c(-c5nc6ccccc6n5-c5c(C(C)C)cc(-c6ccccc6)cc5C(C)C)cccc4c3cn2)cc(C(C)C)c1. The van der Waals surface area contributed by atoms with Crippen molar-refractivity contribution in [3.8, 4) is 39.5 Å². The predicted molar refractivity (Wildman–Crippen MR) is 219 cm³/mol. The molecule has 0 aliphatic carbocycles. The molecule has 0 amide bonds. The topological polar surface area (TPSA) is 43.9 Å². The monoisotopic (exact) mass is 681 g/mol. The van der Waals surface area contributed by atoms with Gasteiger partial charge in [0.2, 0.25) is 0 Å². The number of hydrogen-bond donors (Lipinski definition) is 0. The fourth-order valence-electron chi connectivity index (χ4n) is 7.57. The molecular weight excluding hydrogens is 635 g/mol. The van der Waals surface area contributed by atoms with Gasteiger partial charge >= 0.3 is 0 Å². The highest BCUT2D eigenvalue weighted by molar-refractivity contribution is 6.09. The molecule has 0 radical (unpaired) electrons. The maximum atomic E-state index is 6.88. The minimum Gasteiger partial charge on any atom is -0.455 e. The second-order valence-electron chi connectivity index (χ2n) is 15.5. The van der Waals surface area contributed by atoms with Crippen molar-refractivity contribution >= 4 is 33.0 Å². The van der Waals surface area contributed by atoms with E-state index in [-0.39, 0.29) is 11.8 Å². The molecule has 0 bridgehead atoms. The molecule has 3 aromatic heterocycles. The van der Waals surface area contributed by atoms with Crippen molar-refractivity contribution < 1.29 is 4.42 Å². The van der Waals surface area contributed by atoms with Gasteiger partial charge in [-0.05, 0) is 99.5 Å². The molecule has 0 saturated heterocycles. The van der Waals surface area contributed by atoms with Gasteiger partial charge < -0.3 is 4.42 Å². The van der Waals surface area contributed by atoms with Gasteiger partial charge in [-0.25, -0.2) is 4.98 Å². The molecule has 0 fully saturated rings. The van der Waals surface area contributed by atoms with Gasteiger partial charge in [0.15, 0.2) is 0 Å². The number of rotatable bonds is 8. The maximum absolute atomic E-state index is 6.88. The van der Waals surface area contributed by atoms with Crippen molar-refractivity contribution in [3.05, 3.63) is 138 Å². The van der Waals surface area contributed by atoms with Crippen molar-refractivity contribution in [2.24, 2.45) is 0 Å². The molecule has 260 valence electrons. The van der Waals surface area contributed by atoms with Gasteiger partial charge in [0.25, 0.3) is 0 Å². The van der Waals surface area contributed by atoms with Gasteiger partial charge in [0, 0.05) is 28.6 Å². The summed E-state index contributed by atoms with van der Waals surface area (Å²) in [5.74, 6) is 2.29. The molecule has 0 aliphatic rings. The smallest absolute Gasteiger partial charge is 0.149 e. The van der Waals surface area contributed by atoms with E-state index >= 15 is 0 Å². The lowest BCUT2D eigenvalue weighted by Crippen LogP contribution is -2.09. The minimum absolute atomic E-state index is 0.280. The fourth-order valence-corrected chi connectivity index (χ4v) is 7.57. The summed E-state index contributed by atoms with van der Waals surface area (Å²) in [5, 5.41) is 2.04. The van der Waals surface area contributed by atoms with Crippen LogP contribution in [0.3, 0.4) is 0 Å². The number of aromatic nitrogens is 3. The third kappa shape index (κ3) is 5.81. The second kappa shape index (κ2) is 13.2. The van der Waals surface area contributed by atoms with Crippen LogP contribution in [0.4, 0.5) is 0 Å². The van der Waals surface area contributed by atoms with Crippen LogP contribution in [0.5, 0.6) is 0 Å². The molecule has 3 heterocycles. The summed E-state index contributed by atoms with van der Waals surface area (Å²) < 4.78 is 9.28. The molecule has 0 aliphatic heterocycles. The lowest BCUT2D eigenvalue weighted by molar-refractivity contribution is 0.669. The highest BCUT2D eigenvalue weighted by atomic mass is 16.3. The standard InChI is InChI=1S/C48H47N3O/c1-28(2)33-21-34(29(3)4)23-36(22-33)43-26-45-41(27-49-43)37-17-14-18-38(47(37)52-45)48-50-42-19-12-13-20-44(42)51(48)46-39(30(5)6)24-35(25-40(46)31(7)8)32-15-10-9-11-16-32/h9-31H,1-8H3. The van der Waals surface area contributed by atoms with Crippen molar-refractivity contribution in [2.75, 3.05) is 0 Å². The Labute approximate surface area is 307 Å². The molecule has 4 heteroatoms. The summed E-state index contributed by atoms with van der Waals surface area (Å²) in [4.78, 5) is 10.4. The summed E-state index contributed by atoms with van der Waals surface area (Å²) in [6, 6.07) is 39.4. The highest BCUT2D eigenvalue weighted by Gasteiger charge is 2.25. The number of nitrogens with zero attached hydrogens (tertiary/aromatic N) is 3. The molecule has 52 heavy (non-hydrogen) atoms. The van der Waals surface area contributed by atoms with Crippen LogP contribution in [-0.2, 0) is 0 Å². The average Bonchev–Trinajstić information content (AvgIpc) is 3.72. The zero-order valence-electron chi connectivity index (χ0n) is 31.5. The number of fused-ring (bicyclic) bond motifs is 4. The van der Waals surface area contributed by atoms with E-state index in [0.717, 1.165) is 55.6 Å². The van der Waals surface area contributed by atoms with Crippen LogP contribution in [0, 0.1) is 0 Å². The molecular formula is C48H47N3O. The van der Waals surface area contributed by atoms with Crippen molar-refractivity contribution in [3.63, 3.8) is 0 Å². The van der Waals surface area contributed by atoms with E-state index in [1.807, 2.05) is 6.20 Å². The Balaban J connectivity index is 1.37. The molecule has 4 nitrogen and oxygen atoms in total. The van der Waals surface area contributed by atoms with Crippen molar-refractivity contribution in [2.45, 2.75) is 79.1 Å². The Morgan fingerprint density at radius 3 is 1.87 bits per heavy atom. The van der Waals surface area contributed by atoms with Gasteiger partial charge in [-0.2, -0.15) is 0 Å².